The van der Waals surface area contributed by atoms with E-state index in [1.165, 1.54) is 0 Å². The first kappa shape index (κ1) is 19.4. The van der Waals surface area contributed by atoms with Crippen molar-refractivity contribution in [3.8, 4) is 0 Å². The number of nitrogens with zero attached hydrogens (tertiary/aromatic N) is 3. The Morgan fingerprint density at radius 3 is 2.70 bits per heavy atom. The summed E-state index contributed by atoms with van der Waals surface area (Å²) in [7, 11) is 3.36. The van der Waals surface area contributed by atoms with Crippen LogP contribution in [0.4, 0.5) is 0 Å². The molecule has 0 fully saturated rings. The molecule has 0 bridgehead atoms. The molecule has 0 aromatic heterocycles. The molecule has 0 heterocycles. The van der Waals surface area contributed by atoms with Crippen molar-refractivity contribution in [3.63, 3.8) is 0 Å². The number of hydrogen-bond donors (Lipinski definition) is 1. The summed E-state index contributed by atoms with van der Waals surface area (Å²) in [6.45, 7) is 4.66. The topological polar surface area (TPSA) is 96.3 Å². The van der Waals surface area contributed by atoms with Gasteiger partial charge in [-0.15, -0.1) is 0 Å². The van der Waals surface area contributed by atoms with Gasteiger partial charge in [0.15, 0.2) is 0 Å². The zero-order chi connectivity index (χ0) is 15.1. The van der Waals surface area contributed by atoms with Gasteiger partial charge in [-0.1, -0.05) is 33.6 Å². The van der Waals surface area contributed by atoms with E-state index >= 15 is 0 Å². The number of nitrogens with one attached hydrogen (secondary N) is 1. The summed E-state index contributed by atoms with van der Waals surface area (Å²) >= 11 is 0. The summed E-state index contributed by atoms with van der Waals surface area (Å²) in [5.41, 5.74) is 8.04. The van der Waals surface area contributed by atoms with Gasteiger partial charge in [-0.3, -0.25) is 4.79 Å². The Morgan fingerprint density at radius 2 is 2.05 bits per heavy atom. The van der Waals surface area contributed by atoms with Crippen LogP contribution in [0.2, 0.25) is 0 Å². The van der Waals surface area contributed by atoms with Crippen LogP contribution in [0.1, 0.15) is 13.3 Å². The first-order chi connectivity index (χ1) is 9.70. The van der Waals surface area contributed by atoms with Crippen LogP contribution in [0.3, 0.4) is 0 Å². The lowest BCUT2D eigenvalue weighted by Gasteiger charge is -2.10. The lowest BCUT2D eigenvalue weighted by molar-refractivity contribution is -0.121. The fourth-order valence-corrected chi connectivity index (χ4v) is 3.00. The normalized spacial score (nSPS) is 11.7. The monoisotopic (exact) mass is 322 g/mol. The highest BCUT2D eigenvalue weighted by atomic mass is 33.1. The quantitative estimate of drug-likeness (QED) is 0.184. The summed E-state index contributed by atoms with van der Waals surface area (Å²) < 4.78 is 10.5. The Hall–Kier alpha value is -0.600. The third-order valence-corrected chi connectivity index (χ3v) is 4.32. The van der Waals surface area contributed by atoms with Crippen LogP contribution in [-0.2, 0) is 14.3 Å². The minimum atomic E-state index is 0.0493. The summed E-state index contributed by atoms with van der Waals surface area (Å²) in [5, 5.41) is 6.46. The molecule has 1 unspecified atom stereocenters. The molecule has 7 nitrogen and oxygen atoms in total. The van der Waals surface area contributed by atoms with Crippen LogP contribution >= 0.6 is 21.6 Å². The van der Waals surface area contributed by atoms with Crippen molar-refractivity contribution in [3.05, 3.63) is 10.4 Å². The van der Waals surface area contributed by atoms with Gasteiger partial charge in [-0.2, -0.15) is 0 Å². The van der Waals surface area contributed by atoms with Gasteiger partial charge in [0.05, 0.1) is 26.4 Å². The van der Waals surface area contributed by atoms with Gasteiger partial charge < -0.3 is 14.8 Å². The molecule has 0 aromatic carbocycles. The fourth-order valence-electron chi connectivity index (χ4n) is 1.27. The number of carbonyl (C=O) groups excluding carboxylic acids is 1. The molecule has 0 aliphatic carbocycles. The van der Waals surface area contributed by atoms with Crippen molar-refractivity contribution >= 4 is 27.5 Å². The van der Waals surface area contributed by atoms with Crippen molar-refractivity contribution < 1.29 is 14.3 Å². The van der Waals surface area contributed by atoms with E-state index in [2.05, 4.69) is 15.3 Å². The molecule has 0 spiro atoms. The van der Waals surface area contributed by atoms with Crippen molar-refractivity contribution in [1.29, 1.82) is 0 Å². The van der Waals surface area contributed by atoms with E-state index in [0.29, 0.717) is 51.2 Å². The van der Waals surface area contributed by atoms with Crippen LogP contribution in [0.25, 0.3) is 10.4 Å². The number of ether oxygens (including phenoxy) is 2. The molecule has 0 radical (unpaired) electrons. The maximum absolute atomic E-state index is 11.5. The van der Waals surface area contributed by atoms with Gasteiger partial charge in [-0.25, -0.2) is 0 Å². The molecule has 20 heavy (non-hydrogen) atoms. The highest BCUT2D eigenvalue weighted by Gasteiger charge is 2.08. The standard InChI is InChI=1S/C11H22N4O3S2/c1-10(20-19-2)9-11(16)13-3-5-17-7-8-18-6-4-14-15-12/h10H,3-9H2,1-2H3,(H,13,16). The lowest BCUT2D eigenvalue weighted by atomic mass is 10.3. The van der Waals surface area contributed by atoms with Gasteiger partial charge in [0.1, 0.15) is 0 Å². The molecule has 0 rings (SSSR count). The fraction of sp³-hybridized carbons (Fsp3) is 0.909. The molecular formula is C11H22N4O3S2. The van der Waals surface area contributed by atoms with Gasteiger partial charge >= 0.3 is 0 Å². The first-order valence-corrected chi connectivity index (χ1v) is 8.95. The molecule has 1 amide bonds. The van der Waals surface area contributed by atoms with E-state index in [0.717, 1.165) is 0 Å². The van der Waals surface area contributed by atoms with E-state index in [4.69, 9.17) is 15.0 Å². The SMILES string of the molecule is CSSC(C)CC(=O)NCCOCCOCCN=[N+]=[N-]. The first-order valence-electron chi connectivity index (χ1n) is 6.33. The number of azide groups is 1. The molecule has 0 aliphatic rings. The van der Waals surface area contributed by atoms with Crippen molar-refractivity contribution in [2.75, 3.05) is 45.8 Å². The molecule has 116 valence electrons. The van der Waals surface area contributed by atoms with Crippen LogP contribution in [0.15, 0.2) is 5.11 Å². The average Bonchev–Trinajstić information content (AvgIpc) is 2.41. The summed E-state index contributed by atoms with van der Waals surface area (Å²) in [6.07, 6.45) is 2.52. The lowest BCUT2D eigenvalue weighted by Crippen LogP contribution is -2.29. The highest BCUT2D eigenvalue weighted by Crippen LogP contribution is 2.25. The van der Waals surface area contributed by atoms with Gasteiger partial charge in [0, 0.05) is 29.7 Å². The maximum atomic E-state index is 11.5. The largest absolute Gasteiger partial charge is 0.379 e. The third-order valence-electron chi connectivity index (χ3n) is 2.07. The highest BCUT2D eigenvalue weighted by molar-refractivity contribution is 8.76. The van der Waals surface area contributed by atoms with E-state index in [1.54, 1.807) is 21.6 Å². The Balaban J connectivity index is 3.26. The summed E-state index contributed by atoms with van der Waals surface area (Å²) in [4.78, 5) is 14.1. The van der Waals surface area contributed by atoms with E-state index in [1.807, 2.05) is 13.2 Å². The molecule has 0 aromatic rings. The van der Waals surface area contributed by atoms with Gasteiger partial charge in [-0.05, 0) is 11.8 Å². The molecule has 0 saturated carbocycles. The van der Waals surface area contributed by atoms with Gasteiger partial charge in [0.25, 0.3) is 0 Å². The summed E-state index contributed by atoms with van der Waals surface area (Å²) in [6, 6.07) is 0. The Bertz CT molecular complexity index is 301. The van der Waals surface area contributed by atoms with Crippen LogP contribution in [-0.4, -0.2) is 56.9 Å². The van der Waals surface area contributed by atoms with E-state index in [9.17, 15) is 4.79 Å². The average molecular weight is 322 g/mol. The number of hydrogen-bond acceptors (Lipinski definition) is 6. The second-order valence-corrected chi connectivity index (χ2v) is 6.71. The van der Waals surface area contributed by atoms with Crippen LogP contribution in [0, 0.1) is 0 Å². The van der Waals surface area contributed by atoms with Gasteiger partial charge in [0.2, 0.25) is 5.91 Å². The Morgan fingerprint density at radius 1 is 1.35 bits per heavy atom. The Labute approximate surface area is 127 Å². The van der Waals surface area contributed by atoms with Crippen LogP contribution in [0.5, 0.6) is 0 Å². The van der Waals surface area contributed by atoms with Crippen LogP contribution < -0.4 is 5.32 Å². The van der Waals surface area contributed by atoms with E-state index < -0.39 is 0 Å². The minimum Gasteiger partial charge on any atom is -0.379 e. The van der Waals surface area contributed by atoms with Crippen molar-refractivity contribution in [1.82, 2.24) is 5.32 Å². The molecule has 9 heteroatoms. The van der Waals surface area contributed by atoms with Crippen molar-refractivity contribution in [2.45, 2.75) is 18.6 Å². The predicted molar refractivity (Wildman–Crippen MR) is 83.8 cm³/mol. The molecular weight excluding hydrogens is 300 g/mol. The zero-order valence-electron chi connectivity index (χ0n) is 11.9. The maximum Gasteiger partial charge on any atom is 0.221 e. The minimum absolute atomic E-state index is 0.0493. The molecule has 1 N–H and O–H groups in total. The number of rotatable bonds is 13. The second kappa shape index (κ2) is 14.8. The van der Waals surface area contributed by atoms with E-state index in [-0.39, 0.29) is 5.91 Å². The number of amides is 1. The summed E-state index contributed by atoms with van der Waals surface area (Å²) in [5.74, 6) is 0.0493. The Kier molecular flexibility index (Phi) is 14.4. The predicted octanol–water partition coefficient (Wildman–Crippen LogP) is 2.24. The zero-order valence-corrected chi connectivity index (χ0v) is 13.5. The molecule has 0 aliphatic heterocycles. The van der Waals surface area contributed by atoms with Crippen molar-refractivity contribution in [2.24, 2.45) is 5.11 Å². The second-order valence-electron chi connectivity index (χ2n) is 3.81. The molecule has 1 atom stereocenters. The smallest absolute Gasteiger partial charge is 0.221 e. The molecule has 0 saturated heterocycles. The third kappa shape index (κ3) is 13.8. The number of carbonyl (C=O) groups is 1.